The van der Waals surface area contributed by atoms with Gasteiger partial charge in [-0.3, -0.25) is 0 Å². The summed E-state index contributed by atoms with van der Waals surface area (Å²) in [6.07, 6.45) is 10.5. The Labute approximate surface area is 103 Å². The quantitative estimate of drug-likeness (QED) is 0.573. The Morgan fingerprint density at radius 2 is 1.50 bits per heavy atom. The standard InChI is InChI=1S/C15H33N/c1-5-7-8-14(6-2)10-12-15(16)11-9-13(3)4/h13-15H,5-12,16H2,1-4H3. The molecule has 0 spiro atoms. The summed E-state index contributed by atoms with van der Waals surface area (Å²) < 4.78 is 0. The first kappa shape index (κ1) is 16.0. The van der Waals surface area contributed by atoms with Crippen LogP contribution in [0.15, 0.2) is 0 Å². The average molecular weight is 227 g/mol. The fourth-order valence-corrected chi connectivity index (χ4v) is 2.19. The molecule has 2 N–H and O–H groups in total. The Bertz CT molecular complexity index is 142. The van der Waals surface area contributed by atoms with Gasteiger partial charge >= 0.3 is 0 Å². The van der Waals surface area contributed by atoms with Crippen LogP contribution in [0.2, 0.25) is 0 Å². The van der Waals surface area contributed by atoms with Crippen LogP contribution in [-0.4, -0.2) is 6.04 Å². The molecule has 0 saturated heterocycles. The Morgan fingerprint density at radius 3 is 2.00 bits per heavy atom. The van der Waals surface area contributed by atoms with E-state index in [2.05, 4.69) is 27.7 Å². The molecule has 16 heavy (non-hydrogen) atoms. The average Bonchev–Trinajstić information content (AvgIpc) is 2.26. The number of hydrogen-bond donors (Lipinski definition) is 1. The molecule has 0 rings (SSSR count). The molecule has 0 aliphatic heterocycles. The third-order valence-electron chi connectivity index (χ3n) is 3.60. The molecule has 2 atom stereocenters. The molecule has 0 aliphatic rings. The second-order valence-corrected chi connectivity index (χ2v) is 5.73. The van der Waals surface area contributed by atoms with Crippen molar-refractivity contribution >= 4 is 0 Å². The van der Waals surface area contributed by atoms with E-state index in [9.17, 15) is 0 Å². The van der Waals surface area contributed by atoms with Gasteiger partial charge in [-0.05, 0) is 37.5 Å². The van der Waals surface area contributed by atoms with Crippen LogP contribution in [0.1, 0.15) is 79.1 Å². The Balaban J connectivity index is 3.57. The van der Waals surface area contributed by atoms with Crippen LogP contribution >= 0.6 is 0 Å². The van der Waals surface area contributed by atoms with Gasteiger partial charge in [0.05, 0.1) is 0 Å². The third kappa shape index (κ3) is 9.21. The van der Waals surface area contributed by atoms with Crippen molar-refractivity contribution in [3.05, 3.63) is 0 Å². The van der Waals surface area contributed by atoms with Crippen molar-refractivity contribution in [1.29, 1.82) is 0 Å². The molecule has 0 radical (unpaired) electrons. The van der Waals surface area contributed by atoms with E-state index in [1.165, 1.54) is 51.4 Å². The Hall–Kier alpha value is -0.0400. The topological polar surface area (TPSA) is 26.0 Å². The molecule has 0 bridgehead atoms. The predicted molar refractivity (Wildman–Crippen MR) is 74.6 cm³/mol. The molecule has 0 aromatic heterocycles. The lowest BCUT2D eigenvalue weighted by atomic mass is 9.91. The summed E-state index contributed by atoms with van der Waals surface area (Å²) in [6.45, 7) is 9.16. The summed E-state index contributed by atoms with van der Waals surface area (Å²) in [5, 5.41) is 0. The van der Waals surface area contributed by atoms with Crippen molar-refractivity contribution in [1.82, 2.24) is 0 Å². The van der Waals surface area contributed by atoms with Crippen LogP contribution in [0.3, 0.4) is 0 Å². The summed E-state index contributed by atoms with van der Waals surface area (Å²) in [5.74, 6) is 1.72. The van der Waals surface area contributed by atoms with Crippen molar-refractivity contribution in [2.45, 2.75) is 85.1 Å². The van der Waals surface area contributed by atoms with Crippen molar-refractivity contribution in [3.8, 4) is 0 Å². The maximum absolute atomic E-state index is 6.15. The maximum atomic E-state index is 6.15. The summed E-state index contributed by atoms with van der Waals surface area (Å²) in [6, 6.07) is 0.443. The summed E-state index contributed by atoms with van der Waals surface area (Å²) in [7, 11) is 0. The maximum Gasteiger partial charge on any atom is 0.00390 e. The zero-order chi connectivity index (χ0) is 12.4. The van der Waals surface area contributed by atoms with Crippen molar-refractivity contribution in [3.63, 3.8) is 0 Å². The van der Waals surface area contributed by atoms with Gasteiger partial charge < -0.3 is 5.73 Å². The normalized spacial score (nSPS) is 15.4. The zero-order valence-corrected chi connectivity index (χ0v) is 12.0. The second kappa shape index (κ2) is 10.1. The first-order valence-electron chi connectivity index (χ1n) is 7.35. The molecule has 0 amide bonds. The molecule has 0 fully saturated rings. The van der Waals surface area contributed by atoms with E-state index in [0.717, 1.165) is 11.8 Å². The van der Waals surface area contributed by atoms with Crippen LogP contribution in [0, 0.1) is 11.8 Å². The summed E-state index contributed by atoms with van der Waals surface area (Å²) in [4.78, 5) is 0. The fourth-order valence-electron chi connectivity index (χ4n) is 2.19. The first-order chi connectivity index (χ1) is 7.60. The van der Waals surface area contributed by atoms with Crippen molar-refractivity contribution in [2.75, 3.05) is 0 Å². The van der Waals surface area contributed by atoms with Crippen LogP contribution in [0.5, 0.6) is 0 Å². The van der Waals surface area contributed by atoms with Crippen LogP contribution in [-0.2, 0) is 0 Å². The Morgan fingerprint density at radius 1 is 0.875 bits per heavy atom. The third-order valence-corrected chi connectivity index (χ3v) is 3.60. The van der Waals surface area contributed by atoms with E-state index < -0.39 is 0 Å². The van der Waals surface area contributed by atoms with E-state index in [-0.39, 0.29) is 0 Å². The van der Waals surface area contributed by atoms with Crippen molar-refractivity contribution in [2.24, 2.45) is 17.6 Å². The summed E-state index contributed by atoms with van der Waals surface area (Å²) in [5.41, 5.74) is 6.15. The van der Waals surface area contributed by atoms with Crippen molar-refractivity contribution < 1.29 is 0 Å². The zero-order valence-electron chi connectivity index (χ0n) is 12.0. The lowest BCUT2D eigenvalue weighted by Gasteiger charge is -2.18. The predicted octanol–water partition coefficient (Wildman–Crippen LogP) is 4.75. The lowest BCUT2D eigenvalue weighted by molar-refractivity contribution is 0.376. The minimum Gasteiger partial charge on any atom is -0.328 e. The largest absolute Gasteiger partial charge is 0.328 e. The molecule has 98 valence electrons. The van der Waals surface area contributed by atoms with Crippen LogP contribution < -0.4 is 5.73 Å². The van der Waals surface area contributed by atoms with Gasteiger partial charge in [0.1, 0.15) is 0 Å². The first-order valence-corrected chi connectivity index (χ1v) is 7.35. The van der Waals surface area contributed by atoms with Gasteiger partial charge in [0.2, 0.25) is 0 Å². The molecular weight excluding hydrogens is 194 g/mol. The second-order valence-electron chi connectivity index (χ2n) is 5.73. The van der Waals surface area contributed by atoms with Gasteiger partial charge in [0, 0.05) is 6.04 Å². The molecule has 0 saturated carbocycles. The lowest BCUT2D eigenvalue weighted by Crippen LogP contribution is -2.21. The highest BCUT2D eigenvalue weighted by Crippen LogP contribution is 2.20. The van der Waals surface area contributed by atoms with E-state index in [1.807, 2.05) is 0 Å². The minimum absolute atomic E-state index is 0.443. The number of unbranched alkanes of at least 4 members (excludes halogenated alkanes) is 1. The smallest absolute Gasteiger partial charge is 0.00390 e. The number of nitrogens with two attached hydrogens (primary N) is 1. The molecule has 2 unspecified atom stereocenters. The molecule has 1 heteroatoms. The van der Waals surface area contributed by atoms with E-state index in [1.54, 1.807) is 0 Å². The van der Waals surface area contributed by atoms with Gasteiger partial charge in [-0.2, -0.15) is 0 Å². The fraction of sp³-hybridized carbons (Fsp3) is 1.00. The highest BCUT2D eigenvalue weighted by Gasteiger charge is 2.09. The monoisotopic (exact) mass is 227 g/mol. The van der Waals surface area contributed by atoms with Gasteiger partial charge in [0.15, 0.2) is 0 Å². The molecule has 0 aromatic carbocycles. The highest BCUT2D eigenvalue weighted by molar-refractivity contribution is 4.66. The highest BCUT2D eigenvalue weighted by atomic mass is 14.6. The minimum atomic E-state index is 0.443. The van der Waals surface area contributed by atoms with Gasteiger partial charge in [0.25, 0.3) is 0 Å². The molecule has 0 heterocycles. The SMILES string of the molecule is CCCCC(CC)CCC(N)CCC(C)C. The van der Waals surface area contributed by atoms with Crippen LogP contribution in [0.4, 0.5) is 0 Å². The molecule has 0 aliphatic carbocycles. The van der Waals surface area contributed by atoms with Gasteiger partial charge in [-0.1, -0.05) is 53.4 Å². The van der Waals surface area contributed by atoms with Gasteiger partial charge in [-0.15, -0.1) is 0 Å². The van der Waals surface area contributed by atoms with Gasteiger partial charge in [-0.25, -0.2) is 0 Å². The van der Waals surface area contributed by atoms with E-state index >= 15 is 0 Å². The van der Waals surface area contributed by atoms with E-state index in [4.69, 9.17) is 5.73 Å². The molecule has 0 aromatic rings. The van der Waals surface area contributed by atoms with Crippen LogP contribution in [0.25, 0.3) is 0 Å². The molecule has 1 nitrogen and oxygen atoms in total. The summed E-state index contributed by atoms with van der Waals surface area (Å²) >= 11 is 0. The molecular formula is C15H33N. The number of hydrogen-bond acceptors (Lipinski definition) is 1. The van der Waals surface area contributed by atoms with E-state index in [0.29, 0.717) is 6.04 Å². The number of rotatable bonds is 10. The Kier molecular flexibility index (Phi) is 10.1.